The van der Waals surface area contributed by atoms with E-state index in [0.29, 0.717) is 5.91 Å². The molecule has 0 spiro atoms. The monoisotopic (exact) mass is 309 g/mol. The first-order valence-corrected chi connectivity index (χ1v) is 7.50. The summed E-state index contributed by atoms with van der Waals surface area (Å²) >= 11 is 0. The molecule has 0 aliphatic carbocycles. The van der Waals surface area contributed by atoms with Gasteiger partial charge in [-0.05, 0) is 12.5 Å². The Balaban J connectivity index is 0.00000161. The predicted molar refractivity (Wildman–Crippen MR) is 86.6 cm³/mol. The summed E-state index contributed by atoms with van der Waals surface area (Å²) in [5.74, 6) is 0.581. The van der Waals surface area contributed by atoms with Crippen LogP contribution >= 0.6 is 12.4 Å². The molecule has 3 rings (SSSR count). The first-order valence-electron chi connectivity index (χ1n) is 7.50. The van der Waals surface area contributed by atoms with Gasteiger partial charge in [0.1, 0.15) is 0 Å². The smallest absolute Gasteiger partial charge is 0.228 e. The van der Waals surface area contributed by atoms with Crippen molar-refractivity contribution in [2.75, 3.05) is 39.3 Å². The fourth-order valence-electron chi connectivity index (χ4n) is 2.92. The van der Waals surface area contributed by atoms with Crippen LogP contribution in [0.15, 0.2) is 24.3 Å². The van der Waals surface area contributed by atoms with Crippen LogP contribution in [0.4, 0.5) is 0 Å². The molecule has 5 heteroatoms. The molecule has 0 atom stereocenters. The van der Waals surface area contributed by atoms with Crippen molar-refractivity contribution < 1.29 is 4.79 Å². The second-order valence-electron chi connectivity index (χ2n) is 5.95. The van der Waals surface area contributed by atoms with Gasteiger partial charge in [0.25, 0.3) is 0 Å². The van der Waals surface area contributed by atoms with E-state index in [4.69, 9.17) is 0 Å². The van der Waals surface area contributed by atoms with Gasteiger partial charge in [0.05, 0.1) is 5.92 Å². The molecule has 2 heterocycles. The number of nitrogens with one attached hydrogen (secondary N) is 1. The highest BCUT2D eigenvalue weighted by atomic mass is 35.5. The molecule has 1 aromatic rings. The van der Waals surface area contributed by atoms with E-state index in [1.807, 2.05) is 4.90 Å². The summed E-state index contributed by atoms with van der Waals surface area (Å²) in [5, 5.41) is 3.17. The van der Waals surface area contributed by atoms with Crippen LogP contribution in [-0.2, 0) is 11.3 Å². The number of halogens is 1. The number of rotatable bonds is 3. The Morgan fingerprint density at radius 3 is 2.52 bits per heavy atom. The van der Waals surface area contributed by atoms with Gasteiger partial charge in [-0.1, -0.05) is 29.8 Å². The van der Waals surface area contributed by atoms with Crippen molar-refractivity contribution >= 4 is 18.3 Å². The maximum absolute atomic E-state index is 12.2. The Labute approximate surface area is 132 Å². The number of carbonyl (C=O) groups is 1. The van der Waals surface area contributed by atoms with Crippen LogP contribution in [0, 0.1) is 12.8 Å². The molecule has 1 aromatic carbocycles. The standard InChI is InChI=1S/C16H23N3O.ClH/c1-13-3-2-4-14(9-13)12-18-5-7-19(8-6-18)16(20)15-10-17-11-15;/h2-4,9,15,17H,5-8,10-12H2,1H3;1H. The van der Waals surface area contributed by atoms with Crippen LogP contribution < -0.4 is 5.32 Å². The van der Waals surface area contributed by atoms with Crippen molar-refractivity contribution in [2.24, 2.45) is 5.92 Å². The summed E-state index contributed by atoms with van der Waals surface area (Å²) in [6, 6.07) is 8.68. The molecule has 1 N–H and O–H groups in total. The Morgan fingerprint density at radius 1 is 1.24 bits per heavy atom. The van der Waals surface area contributed by atoms with Gasteiger partial charge in [-0.15, -0.1) is 12.4 Å². The first-order chi connectivity index (χ1) is 9.72. The summed E-state index contributed by atoms with van der Waals surface area (Å²) < 4.78 is 0. The summed E-state index contributed by atoms with van der Waals surface area (Å²) in [5.41, 5.74) is 2.68. The largest absolute Gasteiger partial charge is 0.340 e. The van der Waals surface area contributed by atoms with Crippen LogP contribution in [0.2, 0.25) is 0 Å². The molecule has 4 nitrogen and oxygen atoms in total. The maximum atomic E-state index is 12.2. The van der Waals surface area contributed by atoms with E-state index in [9.17, 15) is 4.79 Å². The Kier molecular flexibility index (Phi) is 5.62. The van der Waals surface area contributed by atoms with Crippen molar-refractivity contribution in [2.45, 2.75) is 13.5 Å². The molecule has 0 aromatic heterocycles. The number of benzene rings is 1. The second kappa shape index (κ2) is 7.25. The van der Waals surface area contributed by atoms with E-state index in [-0.39, 0.29) is 18.3 Å². The van der Waals surface area contributed by atoms with Gasteiger partial charge >= 0.3 is 0 Å². The highest BCUT2D eigenvalue weighted by Gasteiger charge is 2.30. The average molecular weight is 310 g/mol. The van der Waals surface area contributed by atoms with Crippen LogP contribution in [0.3, 0.4) is 0 Å². The lowest BCUT2D eigenvalue weighted by atomic mass is 10.0. The number of piperazine rings is 1. The molecule has 2 fully saturated rings. The van der Waals surface area contributed by atoms with Gasteiger partial charge in [0.2, 0.25) is 5.91 Å². The molecule has 1 amide bonds. The van der Waals surface area contributed by atoms with Gasteiger partial charge < -0.3 is 10.2 Å². The lowest BCUT2D eigenvalue weighted by molar-refractivity contribution is -0.138. The second-order valence-corrected chi connectivity index (χ2v) is 5.95. The molecule has 0 radical (unpaired) electrons. The van der Waals surface area contributed by atoms with Gasteiger partial charge in [-0.3, -0.25) is 9.69 Å². The van der Waals surface area contributed by atoms with E-state index >= 15 is 0 Å². The molecule has 21 heavy (non-hydrogen) atoms. The molecule has 116 valence electrons. The van der Waals surface area contributed by atoms with E-state index in [1.54, 1.807) is 0 Å². The van der Waals surface area contributed by atoms with Crippen molar-refractivity contribution in [3.8, 4) is 0 Å². The third-order valence-electron chi connectivity index (χ3n) is 4.30. The Bertz CT molecular complexity index is 482. The fourth-order valence-corrected chi connectivity index (χ4v) is 2.92. The summed E-state index contributed by atoms with van der Waals surface area (Å²) in [7, 11) is 0. The predicted octanol–water partition coefficient (Wildman–Crippen LogP) is 1.28. The zero-order valence-electron chi connectivity index (χ0n) is 12.5. The highest BCUT2D eigenvalue weighted by molar-refractivity contribution is 5.85. The number of hydrogen-bond acceptors (Lipinski definition) is 3. The van der Waals surface area contributed by atoms with E-state index in [0.717, 1.165) is 45.8 Å². The normalized spacial score (nSPS) is 19.8. The number of amides is 1. The van der Waals surface area contributed by atoms with Crippen LogP contribution in [0.1, 0.15) is 11.1 Å². The molecule has 2 saturated heterocycles. The quantitative estimate of drug-likeness (QED) is 0.914. The minimum absolute atomic E-state index is 0. The van der Waals surface area contributed by atoms with E-state index in [1.165, 1.54) is 11.1 Å². The van der Waals surface area contributed by atoms with Gasteiger partial charge in [0.15, 0.2) is 0 Å². The number of carbonyl (C=O) groups excluding carboxylic acids is 1. The van der Waals surface area contributed by atoms with Crippen molar-refractivity contribution in [1.82, 2.24) is 15.1 Å². The Hall–Kier alpha value is -1.10. The number of hydrogen-bond donors (Lipinski definition) is 1. The maximum Gasteiger partial charge on any atom is 0.228 e. The lowest BCUT2D eigenvalue weighted by Crippen LogP contribution is -2.56. The van der Waals surface area contributed by atoms with Crippen LogP contribution in [0.25, 0.3) is 0 Å². The van der Waals surface area contributed by atoms with Crippen molar-refractivity contribution in [3.63, 3.8) is 0 Å². The molecule has 0 bridgehead atoms. The minimum Gasteiger partial charge on any atom is -0.340 e. The SMILES string of the molecule is Cc1cccc(CN2CCN(C(=O)C3CNC3)CC2)c1.Cl. The zero-order chi connectivity index (χ0) is 13.9. The molecule has 0 unspecified atom stereocenters. The zero-order valence-corrected chi connectivity index (χ0v) is 13.4. The molecular formula is C16H24ClN3O. The summed E-state index contributed by atoms with van der Waals surface area (Å²) in [6.07, 6.45) is 0. The molecule has 2 aliphatic rings. The number of nitrogens with zero attached hydrogens (tertiary/aromatic N) is 2. The van der Waals surface area contributed by atoms with Gasteiger partial charge in [-0.25, -0.2) is 0 Å². The van der Waals surface area contributed by atoms with E-state index < -0.39 is 0 Å². The lowest BCUT2D eigenvalue weighted by Gasteiger charge is -2.38. The summed E-state index contributed by atoms with van der Waals surface area (Å²) in [4.78, 5) is 16.6. The first kappa shape index (κ1) is 16.3. The topological polar surface area (TPSA) is 35.6 Å². The molecular weight excluding hydrogens is 286 g/mol. The molecule has 0 saturated carbocycles. The van der Waals surface area contributed by atoms with Crippen molar-refractivity contribution in [1.29, 1.82) is 0 Å². The Morgan fingerprint density at radius 2 is 1.95 bits per heavy atom. The fraction of sp³-hybridized carbons (Fsp3) is 0.562. The molecule has 2 aliphatic heterocycles. The van der Waals surface area contributed by atoms with Gasteiger partial charge in [-0.2, -0.15) is 0 Å². The third-order valence-corrected chi connectivity index (χ3v) is 4.30. The van der Waals surface area contributed by atoms with Gasteiger partial charge in [0, 0.05) is 45.8 Å². The third kappa shape index (κ3) is 3.96. The number of aryl methyl sites for hydroxylation is 1. The minimum atomic E-state index is 0. The van der Waals surface area contributed by atoms with Crippen LogP contribution in [0.5, 0.6) is 0 Å². The van der Waals surface area contributed by atoms with Crippen molar-refractivity contribution in [3.05, 3.63) is 35.4 Å². The van der Waals surface area contributed by atoms with Crippen LogP contribution in [-0.4, -0.2) is 55.0 Å². The summed E-state index contributed by atoms with van der Waals surface area (Å²) in [6.45, 7) is 8.58. The average Bonchev–Trinajstić information content (AvgIpc) is 2.37. The van der Waals surface area contributed by atoms with E-state index in [2.05, 4.69) is 41.4 Å². The highest BCUT2D eigenvalue weighted by Crippen LogP contribution is 2.13.